The van der Waals surface area contributed by atoms with Crippen LogP contribution in [0.3, 0.4) is 0 Å². The summed E-state index contributed by atoms with van der Waals surface area (Å²) in [5.41, 5.74) is 2.83. The topological polar surface area (TPSA) is 63.9 Å². The number of carbonyl (C=O) groups excluding carboxylic acids is 1. The van der Waals surface area contributed by atoms with Crippen LogP contribution in [0, 0.1) is 5.92 Å². The molecule has 1 aliphatic heterocycles. The van der Waals surface area contributed by atoms with E-state index in [2.05, 4.69) is 37.5 Å². The van der Waals surface area contributed by atoms with Gasteiger partial charge in [-0.3, -0.25) is 19.7 Å². The third-order valence-corrected chi connectivity index (χ3v) is 5.37. The lowest BCUT2D eigenvalue weighted by molar-refractivity contribution is -0.119. The highest BCUT2D eigenvalue weighted by molar-refractivity contribution is 5.88. The van der Waals surface area contributed by atoms with Crippen molar-refractivity contribution in [1.29, 1.82) is 0 Å². The number of Topliss-reactive ketones (excluding diaryl/α,β-unsaturated/α-hetero) is 1. The molecule has 6 heteroatoms. The van der Waals surface area contributed by atoms with Crippen molar-refractivity contribution >= 4 is 16.6 Å². The van der Waals surface area contributed by atoms with Crippen LogP contribution in [0.5, 0.6) is 0 Å². The molecule has 0 unspecified atom stereocenters. The Morgan fingerprint density at radius 1 is 1.08 bits per heavy atom. The van der Waals surface area contributed by atoms with Crippen molar-refractivity contribution in [2.75, 3.05) is 13.6 Å². The molecule has 2 aliphatic rings. The first-order valence-corrected chi connectivity index (χ1v) is 9.18. The van der Waals surface area contributed by atoms with Crippen LogP contribution in [0.25, 0.3) is 22.2 Å². The van der Waals surface area contributed by atoms with Gasteiger partial charge in [0, 0.05) is 48.9 Å². The molecule has 0 radical (unpaired) electrons. The van der Waals surface area contributed by atoms with Crippen molar-refractivity contribution in [3.8, 4) is 11.4 Å². The van der Waals surface area contributed by atoms with Crippen molar-refractivity contribution in [3.63, 3.8) is 0 Å². The molecule has 0 bridgehead atoms. The molecule has 6 nitrogen and oxygen atoms in total. The number of hydrogen-bond donors (Lipinski definition) is 0. The summed E-state index contributed by atoms with van der Waals surface area (Å²) in [7, 11) is 2.11. The number of aromatic nitrogens is 4. The molecule has 132 valence electrons. The number of ketones is 1. The SMILES string of the molecule is CN1CCn2c(-c3cc4cc(CC(=O)C5CC5)ncc4cn3)cnc2C1. The summed E-state index contributed by atoms with van der Waals surface area (Å²) < 4.78 is 2.26. The molecule has 0 saturated heterocycles. The highest BCUT2D eigenvalue weighted by Crippen LogP contribution is 2.31. The minimum Gasteiger partial charge on any atom is -0.324 e. The van der Waals surface area contributed by atoms with Crippen molar-refractivity contribution in [3.05, 3.63) is 42.2 Å². The van der Waals surface area contributed by atoms with E-state index in [9.17, 15) is 4.79 Å². The summed E-state index contributed by atoms with van der Waals surface area (Å²) in [5, 5.41) is 2.07. The quantitative estimate of drug-likeness (QED) is 0.725. The molecule has 0 atom stereocenters. The fourth-order valence-electron chi connectivity index (χ4n) is 3.63. The molecule has 26 heavy (non-hydrogen) atoms. The van der Waals surface area contributed by atoms with E-state index in [1.807, 2.05) is 24.7 Å². The molecule has 1 fully saturated rings. The van der Waals surface area contributed by atoms with Crippen LogP contribution in [-0.4, -0.2) is 43.8 Å². The lowest BCUT2D eigenvalue weighted by Crippen LogP contribution is -2.30. The van der Waals surface area contributed by atoms with E-state index in [1.165, 1.54) is 0 Å². The Kier molecular flexibility index (Phi) is 3.60. The molecule has 0 amide bonds. The molecule has 4 heterocycles. The van der Waals surface area contributed by atoms with Crippen LogP contribution in [0.1, 0.15) is 24.4 Å². The van der Waals surface area contributed by atoms with Gasteiger partial charge in [-0.15, -0.1) is 0 Å². The fourth-order valence-corrected chi connectivity index (χ4v) is 3.63. The number of imidazole rings is 1. The van der Waals surface area contributed by atoms with Crippen LogP contribution >= 0.6 is 0 Å². The van der Waals surface area contributed by atoms with Gasteiger partial charge in [0.05, 0.1) is 24.1 Å². The van der Waals surface area contributed by atoms with E-state index in [-0.39, 0.29) is 5.92 Å². The lowest BCUT2D eigenvalue weighted by atomic mass is 10.1. The Labute approximate surface area is 151 Å². The number of rotatable bonds is 4. The van der Waals surface area contributed by atoms with Crippen LogP contribution < -0.4 is 0 Å². The van der Waals surface area contributed by atoms with Gasteiger partial charge in [0.2, 0.25) is 0 Å². The Balaban J connectivity index is 1.50. The highest BCUT2D eigenvalue weighted by atomic mass is 16.1. The molecule has 5 rings (SSSR count). The maximum Gasteiger partial charge on any atom is 0.141 e. The average Bonchev–Trinajstić information content (AvgIpc) is 3.41. The number of fused-ring (bicyclic) bond motifs is 2. The van der Waals surface area contributed by atoms with E-state index in [1.54, 1.807) is 0 Å². The zero-order valence-corrected chi connectivity index (χ0v) is 14.9. The number of pyridine rings is 2. The van der Waals surface area contributed by atoms with E-state index in [0.717, 1.165) is 66.2 Å². The van der Waals surface area contributed by atoms with Crippen LogP contribution in [-0.2, 0) is 24.3 Å². The Bertz CT molecular complexity index is 1000. The summed E-state index contributed by atoms with van der Waals surface area (Å²) in [5.74, 6) is 1.68. The first kappa shape index (κ1) is 15.6. The van der Waals surface area contributed by atoms with E-state index >= 15 is 0 Å². The van der Waals surface area contributed by atoms with Crippen molar-refractivity contribution in [2.24, 2.45) is 5.92 Å². The van der Waals surface area contributed by atoms with Gasteiger partial charge in [0.15, 0.2) is 0 Å². The predicted octanol–water partition coefficient (Wildman–Crippen LogP) is 2.46. The summed E-state index contributed by atoms with van der Waals surface area (Å²) >= 11 is 0. The van der Waals surface area contributed by atoms with Crippen LogP contribution in [0.4, 0.5) is 0 Å². The highest BCUT2D eigenvalue weighted by Gasteiger charge is 2.29. The Hall–Kier alpha value is -2.60. The van der Waals surface area contributed by atoms with Crippen molar-refractivity contribution in [1.82, 2.24) is 24.4 Å². The number of likely N-dealkylation sites (N-methyl/N-ethyl adjacent to an activating group) is 1. The van der Waals surface area contributed by atoms with E-state index in [0.29, 0.717) is 12.2 Å². The second-order valence-electron chi connectivity index (χ2n) is 7.46. The smallest absolute Gasteiger partial charge is 0.141 e. The molecule has 3 aromatic heterocycles. The van der Waals surface area contributed by atoms with Gasteiger partial charge in [-0.05, 0) is 37.4 Å². The molecular formula is C20H21N5O. The second kappa shape index (κ2) is 5.99. The van der Waals surface area contributed by atoms with Gasteiger partial charge in [-0.25, -0.2) is 4.98 Å². The third kappa shape index (κ3) is 2.80. The minimum absolute atomic E-state index is 0.275. The molecule has 1 saturated carbocycles. The summed E-state index contributed by atoms with van der Waals surface area (Å²) in [6.07, 6.45) is 8.12. The second-order valence-corrected chi connectivity index (χ2v) is 7.46. The third-order valence-electron chi connectivity index (χ3n) is 5.37. The van der Waals surface area contributed by atoms with Gasteiger partial charge in [-0.1, -0.05) is 0 Å². The average molecular weight is 347 g/mol. The summed E-state index contributed by atoms with van der Waals surface area (Å²) in [4.78, 5) is 28.0. The summed E-state index contributed by atoms with van der Waals surface area (Å²) in [6.45, 7) is 2.81. The van der Waals surface area contributed by atoms with Crippen molar-refractivity contribution in [2.45, 2.75) is 32.4 Å². The maximum absolute atomic E-state index is 12.1. The summed E-state index contributed by atoms with van der Waals surface area (Å²) in [6, 6.07) is 4.12. The molecule has 0 spiro atoms. The van der Waals surface area contributed by atoms with Gasteiger partial charge in [0.25, 0.3) is 0 Å². The lowest BCUT2D eigenvalue weighted by Gasteiger charge is -2.24. The number of hydrogen-bond acceptors (Lipinski definition) is 5. The van der Waals surface area contributed by atoms with E-state index < -0.39 is 0 Å². The number of carbonyl (C=O) groups is 1. The maximum atomic E-state index is 12.1. The largest absolute Gasteiger partial charge is 0.324 e. The Morgan fingerprint density at radius 2 is 1.92 bits per heavy atom. The molecular weight excluding hydrogens is 326 g/mol. The number of nitrogens with zero attached hydrogens (tertiary/aromatic N) is 5. The van der Waals surface area contributed by atoms with Gasteiger partial charge in [0.1, 0.15) is 11.6 Å². The molecule has 0 N–H and O–H groups in total. The van der Waals surface area contributed by atoms with E-state index in [4.69, 9.17) is 0 Å². The fraction of sp³-hybridized carbons (Fsp3) is 0.400. The molecule has 1 aliphatic carbocycles. The molecule has 0 aromatic carbocycles. The first-order valence-electron chi connectivity index (χ1n) is 9.18. The van der Waals surface area contributed by atoms with Crippen LogP contribution in [0.2, 0.25) is 0 Å². The normalized spacial score (nSPS) is 17.4. The first-order chi connectivity index (χ1) is 12.7. The predicted molar refractivity (Wildman–Crippen MR) is 98.5 cm³/mol. The van der Waals surface area contributed by atoms with Crippen LogP contribution in [0.15, 0.2) is 30.7 Å². The van der Waals surface area contributed by atoms with Gasteiger partial charge in [-0.2, -0.15) is 0 Å². The van der Waals surface area contributed by atoms with Gasteiger partial charge >= 0.3 is 0 Å². The minimum atomic E-state index is 0.275. The van der Waals surface area contributed by atoms with Gasteiger partial charge < -0.3 is 4.57 Å². The zero-order chi connectivity index (χ0) is 17.7. The Morgan fingerprint density at radius 3 is 2.77 bits per heavy atom. The zero-order valence-electron chi connectivity index (χ0n) is 14.9. The monoisotopic (exact) mass is 347 g/mol. The standard InChI is InChI=1S/C20H21N5O/c1-24-4-5-25-18(11-23-20(25)12-24)17-7-14-6-16(8-19(26)13-2-3-13)21-9-15(14)10-22-17/h6-7,9-11,13H,2-5,8,12H2,1H3. The van der Waals surface area contributed by atoms with Crippen molar-refractivity contribution < 1.29 is 4.79 Å². The molecule has 3 aromatic rings.